The van der Waals surface area contributed by atoms with Crippen LogP contribution in [0, 0.1) is 5.82 Å². The molecular formula is C13H16F4N2. The molecule has 1 N–H and O–H groups in total. The average Bonchev–Trinajstić information content (AvgIpc) is 3.08. The lowest BCUT2D eigenvalue weighted by Crippen LogP contribution is -2.32. The fraction of sp³-hybridized carbons (Fsp3) is 0.538. The molecule has 2 nitrogen and oxygen atoms in total. The van der Waals surface area contributed by atoms with Gasteiger partial charge in [-0.25, -0.2) is 4.39 Å². The highest BCUT2D eigenvalue weighted by molar-refractivity contribution is 5.53. The number of nitrogens with zero attached hydrogens (tertiary/aromatic N) is 1. The van der Waals surface area contributed by atoms with Crippen LogP contribution < -0.4 is 10.2 Å². The van der Waals surface area contributed by atoms with Crippen molar-refractivity contribution in [3.63, 3.8) is 0 Å². The van der Waals surface area contributed by atoms with Crippen LogP contribution in [0.5, 0.6) is 0 Å². The van der Waals surface area contributed by atoms with Gasteiger partial charge in [-0.05, 0) is 25.0 Å². The third-order valence-electron chi connectivity index (χ3n) is 3.07. The van der Waals surface area contributed by atoms with Gasteiger partial charge in [0.25, 0.3) is 0 Å². The van der Waals surface area contributed by atoms with Crippen LogP contribution in [-0.2, 0) is 6.54 Å². The summed E-state index contributed by atoms with van der Waals surface area (Å²) in [5.74, 6) is -0.473. The Morgan fingerprint density at radius 2 is 2.00 bits per heavy atom. The molecule has 0 aromatic heterocycles. The Balaban J connectivity index is 2.15. The van der Waals surface area contributed by atoms with Gasteiger partial charge in [-0.15, -0.1) is 0 Å². The van der Waals surface area contributed by atoms with Gasteiger partial charge in [0.15, 0.2) is 0 Å². The molecule has 0 spiro atoms. The maximum atomic E-state index is 13.8. The summed E-state index contributed by atoms with van der Waals surface area (Å²) < 4.78 is 51.0. The second-order valence-corrected chi connectivity index (χ2v) is 4.86. The Hall–Kier alpha value is -1.30. The Kier molecular flexibility index (Phi) is 3.99. The number of hydrogen-bond donors (Lipinski definition) is 1. The summed E-state index contributed by atoms with van der Waals surface area (Å²) in [6.07, 6.45) is -2.22. The molecule has 2 rings (SSSR count). The van der Waals surface area contributed by atoms with Crippen molar-refractivity contribution in [2.75, 3.05) is 18.5 Å². The van der Waals surface area contributed by atoms with E-state index in [1.54, 1.807) is 0 Å². The molecule has 1 aromatic rings. The van der Waals surface area contributed by atoms with Crippen molar-refractivity contribution in [2.24, 2.45) is 0 Å². The number of rotatable bonds is 5. The summed E-state index contributed by atoms with van der Waals surface area (Å²) in [7, 11) is 1.32. The lowest BCUT2D eigenvalue weighted by molar-refractivity contribution is -0.119. The molecule has 1 aromatic carbocycles. The highest BCUT2D eigenvalue weighted by Gasteiger charge is 2.30. The Morgan fingerprint density at radius 3 is 2.58 bits per heavy atom. The summed E-state index contributed by atoms with van der Waals surface area (Å²) in [5, 5.41) is 3.12. The number of nitrogens with one attached hydrogen (secondary N) is 1. The molecule has 19 heavy (non-hydrogen) atoms. The lowest BCUT2D eigenvalue weighted by Gasteiger charge is -2.24. The third-order valence-corrected chi connectivity index (χ3v) is 3.07. The minimum atomic E-state index is -4.30. The molecule has 0 atom stereocenters. The van der Waals surface area contributed by atoms with Gasteiger partial charge < -0.3 is 10.2 Å². The van der Waals surface area contributed by atoms with E-state index in [9.17, 15) is 17.6 Å². The first kappa shape index (κ1) is 14.1. The molecule has 0 aliphatic heterocycles. The number of anilines is 1. The molecule has 0 saturated heterocycles. The largest absolute Gasteiger partial charge is 0.405 e. The van der Waals surface area contributed by atoms with Gasteiger partial charge >= 0.3 is 6.18 Å². The molecule has 6 heteroatoms. The summed E-state index contributed by atoms with van der Waals surface area (Å²) >= 11 is 0. The van der Waals surface area contributed by atoms with E-state index in [4.69, 9.17) is 0 Å². The fourth-order valence-electron chi connectivity index (χ4n) is 1.97. The quantitative estimate of drug-likeness (QED) is 0.831. The molecule has 0 unspecified atom stereocenters. The van der Waals surface area contributed by atoms with Gasteiger partial charge in [0, 0.05) is 30.9 Å². The Morgan fingerprint density at radius 1 is 1.32 bits per heavy atom. The summed E-state index contributed by atoms with van der Waals surface area (Å²) in [6.45, 7) is -0.832. The van der Waals surface area contributed by atoms with Gasteiger partial charge in [0.05, 0.1) is 0 Å². The van der Waals surface area contributed by atoms with E-state index in [-0.39, 0.29) is 12.2 Å². The highest BCUT2D eigenvalue weighted by Crippen LogP contribution is 2.27. The van der Waals surface area contributed by atoms with E-state index >= 15 is 0 Å². The van der Waals surface area contributed by atoms with Gasteiger partial charge in [0.2, 0.25) is 0 Å². The van der Waals surface area contributed by atoms with Crippen molar-refractivity contribution in [3.8, 4) is 0 Å². The maximum Gasteiger partial charge on any atom is 0.405 e. The molecule has 106 valence electrons. The van der Waals surface area contributed by atoms with Crippen LogP contribution in [0.25, 0.3) is 0 Å². The van der Waals surface area contributed by atoms with Crippen molar-refractivity contribution in [3.05, 3.63) is 29.6 Å². The lowest BCUT2D eigenvalue weighted by atomic mass is 10.1. The van der Waals surface area contributed by atoms with Crippen LogP contribution >= 0.6 is 0 Å². The van der Waals surface area contributed by atoms with Crippen molar-refractivity contribution in [1.29, 1.82) is 0 Å². The molecule has 0 heterocycles. The number of benzene rings is 1. The second-order valence-electron chi connectivity index (χ2n) is 4.86. The minimum absolute atomic E-state index is 0.259. The normalized spacial score (nSPS) is 15.6. The molecule has 1 aliphatic carbocycles. The van der Waals surface area contributed by atoms with Crippen LogP contribution in [-0.4, -0.2) is 25.8 Å². The van der Waals surface area contributed by atoms with Crippen LogP contribution in [0.1, 0.15) is 18.4 Å². The SMILES string of the molecule is CN(CC(F)(F)F)c1cccc(F)c1CNC1CC1. The second kappa shape index (κ2) is 5.36. The molecule has 1 aliphatic rings. The molecule has 0 bridgehead atoms. The van der Waals surface area contributed by atoms with E-state index < -0.39 is 18.5 Å². The van der Waals surface area contributed by atoms with Crippen LogP contribution in [0.4, 0.5) is 23.2 Å². The first-order valence-corrected chi connectivity index (χ1v) is 6.15. The summed E-state index contributed by atoms with van der Waals surface area (Å²) in [5.41, 5.74) is 0.576. The third kappa shape index (κ3) is 4.09. The van der Waals surface area contributed by atoms with Crippen molar-refractivity contribution >= 4 is 5.69 Å². The summed E-state index contributed by atoms with van der Waals surface area (Å²) in [4.78, 5) is 1.03. The summed E-state index contributed by atoms with van der Waals surface area (Å²) in [6, 6.07) is 4.59. The first-order valence-electron chi connectivity index (χ1n) is 6.15. The average molecular weight is 276 g/mol. The molecular weight excluding hydrogens is 260 g/mol. The Labute approximate surface area is 109 Å². The molecule has 0 radical (unpaired) electrons. The maximum absolute atomic E-state index is 13.8. The highest BCUT2D eigenvalue weighted by atomic mass is 19.4. The van der Waals surface area contributed by atoms with Crippen molar-refractivity contribution in [2.45, 2.75) is 31.6 Å². The standard InChI is InChI=1S/C13H16F4N2/c1-19(8-13(15,16)17)12-4-2-3-11(14)10(12)7-18-9-5-6-9/h2-4,9,18H,5-8H2,1H3. The first-order chi connectivity index (χ1) is 8.87. The van der Waals surface area contributed by atoms with Gasteiger partial charge in [0.1, 0.15) is 12.4 Å². The van der Waals surface area contributed by atoms with Gasteiger partial charge in [-0.1, -0.05) is 6.07 Å². The molecule has 1 saturated carbocycles. The van der Waals surface area contributed by atoms with Gasteiger partial charge in [-0.3, -0.25) is 0 Å². The Bertz CT molecular complexity index is 441. The van der Waals surface area contributed by atoms with Crippen LogP contribution in [0.15, 0.2) is 18.2 Å². The predicted octanol–water partition coefficient (Wildman–Crippen LogP) is 3.08. The smallest absolute Gasteiger partial charge is 0.365 e. The van der Waals surface area contributed by atoms with Crippen LogP contribution in [0.3, 0.4) is 0 Å². The zero-order valence-corrected chi connectivity index (χ0v) is 10.6. The minimum Gasteiger partial charge on any atom is -0.365 e. The van der Waals surface area contributed by atoms with Gasteiger partial charge in [-0.2, -0.15) is 13.2 Å². The van der Waals surface area contributed by atoms with E-state index in [0.717, 1.165) is 17.7 Å². The molecule has 1 fully saturated rings. The van der Waals surface area contributed by atoms with E-state index in [0.29, 0.717) is 11.6 Å². The van der Waals surface area contributed by atoms with E-state index in [1.807, 2.05) is 0 Å². The fourth-order valence-corrected chi connectivity index (χ4v) is 1.97. The number of hydrogen-bond acceptors (Lipinski definition) is 2. The zero-order chi connectivity index (χ0) is 14.0. The monoisotopic (exact) mass is 276 g/mol. The van der Waals surface area contributed by atoms with E-state index in [2.05, 4.69) is 5.32 Å². The van der Waals surface area contributed by atoms with E-state index in [1.165, 1.54) is 25.2 Å². The topological polar surface area (TPSA) is 15.3 Å². The van der Waals surface area contributed by atoms with Crippen molar-refractivity contribution in [1.82, 2.24) is 5.32 Å². The number of halogens is 4. The van der Waals surface area contributed by atoms with Crippen LogP contribution in [0.2, 0.25) is 0 Å². The zero-order valence-electron chi connectivity index (χ0n) is 10.6. The van der Waals surface area contributed by atoms with Crippen molar-refractivity contribution < 1.29 is 17.6 Å². The number of alkyl halides is 3. The predicted molar refractivity (Wildman–Crippen MR) is 65.6 cm³/mol. The molecule has 0 amide bonds.